The Kier molecular flexibility index (Phi) is 2.07. The van der Waals surface area contributed by atoms with Crippen LogP contribution in [0.25, 0.3) is 0 Å². The van der Waals surface area contributed by atoms with Gasteiger partial charge in [0.25, 0.3) is 0 Å². The number of hydrogen-bond acceptors (Lipinski definition) is 2. The molecule has 2 unspecified atom stereocenters. The monoisotopic (exact) mass is 255 g/mol. The van der Waals surface area contributed by atoms with Gasteiger partial charge < -0.3 is 0 Å². The molecule has 0 amide bonds. The molecule has 1 aromatic rings. The van der Waals surface area contributed by atoms with E-state index in [-0.39, 0.29) is 6.23 Å². The molecule has 2 nitrogen and oxygen atoms in total. The number of hydrogen-bond donors (Lipinski definition) is 0. The summed E-state index contributed by atoms with van der Waals surface area (Å²) in [7, 11) is 0. The lowest BCUT2D eigenvalue weighted by atomic mass is 9.53. The molecule has 4 aliphatic carbocycles. The first-order valence-corrected chi connectivity index (χ1v) is 7.83. The van der Waals surface area contributed by atoms with E-state index in [1.807, 2.05) is 0 Å². The fraction of sp³-hybridized carbons (Fsp3) is 0.647. The Morgan fingerprint density at radius 1 is 0.895 bits per heavy atom. The molecular formula is C17H21NO. The first kappa shape index (κ1) is 10.9. The van der Waals surface area contributed by atoms with Crippen LogP contribution in [-0.4, -0.2) is 10.6 Å². The zero-order valence-electron chi connectivity index (χ0n) is 11.3. The number of benzene rings is 1. The fourth-order valence-corrected chi connectivity index (χ4v) is 5.59. The molecule has 2 atom stereocenters. The SMILES string of the molecule is c1ccc(C2ON2C23CC4CC(CC(C4)C2)C3)cc1. The molecule has 1 aliphatic heterocycles. The van der Waals surface area contributed by atoms with Gasteiger partial charge in [0.15, 0.2) is 6.23 Å². The van der Waals surface area contributed by atoms with Crippen molar-refractivity contribution in [1.82, 2.24) is 5.06 Å². The van der Waals surface area contributed by atoms with E-state index in [0.717, 1.165) is 17.8 Å². The van der Waals surface area contributed by atoms with Crippen LogP contribution < -0.4 is 0 Å². The molecule has 1 aromatic carbocycles. The van der Waals surface area contributed by atoms with Crippen molar-refractivity contribution in [3.05, 3.63) is 35.9 Å². The Morgan fingerprint density at radius 3 is 2.05 bits per heavy atom. The van der Waals surface area contributed by atoms with Gasteiger partial charge in [-0.25, -0.2) is 0 Å². The van der Waals surface area contributed by atoms with Crippen LogP contribution >= 0.6 is 0 Å². The zero-order valence-corrected chi connectivity index (χ0v) is 11.3. The van der Waals surface area contributed by atoms with Crippen LogP contribution in [0.5, 0.6) is 0 Å². The predicted octanol–water partition coefficient (Wildman–Crippen LogP) is 3.90. The van der Waals surface area contributed by atoms with Crippen molar-refractivity contribution in [3.8, 4) is 0 Å². The van der Waals surface area contributed by atoms with E-state index in [0.29, 0.717) is 5.54 Å². The maximum Gasteiger partial charge on any atom is 0.180 e. The third-order valence-corrected chi connectivity index (χ3v) is 5.94. The average molecular weight is 255 g/mol. The highest BCUT2D eigenvalue weighted by Crippen LogP contribution is 2.62. The smallest absolute Gasteiger partial charge is 0.180 e. The van der Waals surface area contributed by atoms with Gasteiger partial charge in [-0.15, -0.1) is 5.06 Å². The Balaban J connectivity index is 1.43. The van der Waals surface area contributed by atoms with Crippen LogP contribution in [-0.2, 0) is 4.84 Å². The molecule has 6 rings (SSSR count). The first-order chi connectivity index (χ1) is 9.32. The van der Waals surface area contributed by atoms with Crippen molar-refractivity contribution < 1.29 is 4.84 Å². The Labute approximate surface area is 114 Å². The second kappa shape index (κ2) is 3.62. The van der Waals surface area contributed by atoms with Gasteiger partial charge in [0.05, 0.1) is 5.54 Å². The van der Waals surface area contributed by atoms with Crippen LogP contribution in [0.3, 0.4) is 0 Å². The summed E-state index contributed by atoms with van der Waals surface area (Å²) in [4.78, 5) is 6.02. The Morgan fingerprint density at radius 2 is 1.47 bits per heavy atom. The summed E-state index contributed by atoms with van der Waals surface area (Å²) < 4.78 is 0. The predicted molar refractivity (Wildman–Crippen MR) is 73.0 cm³/mol. The molecular weight excluding hydrogens is 234 g/mol. The molecule has 4 bridgehead atoms. The summed E-state index contributed by atoms with van der Waals surface area (Å²) in [5.74, 6) is 2.98. The molecule has 5 fully saturated rings. The third-order valence-electron chi connectivity index (χ3n) is 5.94. The lowest BCUT2D eigenvalue weighted by Gasteiger charge is -2.56. The van der Waals surface area contributed by atoms with E-state index in [1.165, 1.54) is 44.1 Å². The number of nitrogens with zero attached hydrogens (tertiary/aromatic N) is 1. The minimum Gasteiger partial charge on any atom is -0.269 e. The topological polar surface area (TPSA) is 15.5 Å². The summed E-state index contributed by atoms with van der Waals surface area (Å²) in [6.07, 6.45) is 8.93. The van der Waals surface area contributed by atoms with E-state index in [4.69, 9.17) is 4.84 Å². The van der Waals surface area contributed by atoms with Gasteiger partial charge in [-0.3, -0.25) is 4.84 Å². The molecule has 5 aliphatic rings. The van der Waals surface area contributed by atoms with Crippen molar-refractivity contribution in [2.24, 2.45) is 17.8 Å². The van der Waals surface area contributed by atoms with Crippen LogP contribution in [0, 0.1) is 17.8 Å². The lowest BCUT2D eigenvalue weighted by Crippen LogP contribution is -2.54. The van der Waals surface area contributed by atoms with E-state index in [2.05, 4.69) is 35.4 Å². The molecule has 0 N–H and O–H groups in total. The third kappa shape index (κ3) is 1.56. The Hall–Kier alpha value is -0.860. The van der Waals surface area contributed by atoms with Crippen molar-refractivity contribution >= 4 is 0 Å². The normalized spacial score (nSPS) is 50.4. The van der Waals surface area contributed by atoms with Crippen LogP contribution in [0.4, 0.5) is 0 Å². The number of hydroxylamine groups is 2. The largest absolute Gasteiger partial charge is 0.269 e. The maximum absolute atomic E-state index is 6.02. The molecule has 0 spiro atoms. The van der Waals surface area contributed by atoms with Gasteiger partial charge in [-0.2, -0.15) is 0 Å². The summed E-state index contributed by atoms with van der Waals surface area (Å²) in [6.45, 7) is 0. The van der Waals surface area contributed by atoms with Gasteiger partial charge in [0.2, 0.25) is 0 Å². The summed E-state index contributed by atoms with van der Waals surface area (Å²) in [5, 5.41) is 2.37. The molecule has 2 heteroatoms. The minimum atomic E-state index is 0.248. The highest BCUT2D eigenvalue weighted by molar-refractivity contribution is 5.21. The number of rotatable bonds is 2. The zero-order chi connectivity index (χ0) is 12.4. The van der Waals surface area contributed by atoms with Crippen molar-refractivity contribution in [2.45, 2.75) is 50.3 Å². The first-order valence-electron chi connectivity index (χ1n) is 7.83. The molecule has 0 radical (unpaired) electrons. The van der Waals surface area contributed by atoms with Gasteiger partial charge in [-0.05, 0) is 61.8 Å². The second-order valence-corrected chi connectivity index (χ2v) is 7.34. The summed E-state index contributed by atoms with van der Waals surface area (Å²) >= 11 is 0. The van der Waals surface area contributed by atoms with Crippen LogP contribution in [0.2, 0.25) is 0 Å². The standard InChI is InChI=1S/C17H21NO/c1-2-4-15(5-3-1)16-18(19-16)17-9-12-6-13(10-17)8-14(7-12)11-17/h1-5,12-14,16H,6-11H2. The van der Waals surface area contributed by atoms with Crippen LogP contribution in [0.1, 0.15) is 50.3 Å². The van der Waals surface area contributed by atoms with Gasteiger partial charge in [-0.1, -0.05) is 30.3 Å². The van der Waals surface area contributed by atoms with Crippen LogP contribution in [0.15, 0.2) is 30.3 Å². The van der Waals surface area contributed by atoms with E-state index < -0.39 is 0 Å². The van der Waals surface area contributed by atoms with E-state index >= 15 is 0 Å². The highest BCUT2D eigenvalue weighted by Gasteiger charge is 2.60. The molecule has 4 saturated carbocycles. The van der Waals surface area contributed by atoms with Gasteiger partial charge in [0, 0.05) is 0 Å². The highest BCUT2D eigenvalue weighted by atomic mass is 16.8. The molecule has 100 valence electrons. The lowest BCUT2D eigenvalue weighted by molar-refractivity contribution is -0.0933. The quantitative estimate of drug-likeness (QED) is 0.745. The minimum absolute atomic E-state index is 0.248. The fourth-order valence-electron chi connectivity index (χ4n) is 5.59. The van der Waals surface area contributed by atoms with E-state index in [1.54, 1.807) is 0 Å². The average Bonchev–Trinajstić information content (AvgIpc) is 3.19. The molecule has 19 heavy (non-hydrogen) atoms. The molecule has 1 saturated heterocycles. The summed E-state index contributed by atoms with van der Waals surface area (Å²) in [5.41, 5.74) is 1.73. The van der Waals surface area contributed by atoms with Crippen molar-refractivity contribution in [1.29, 1.82) is 0 Å². The van der Waals surface area contributed by atoms with Crippen molar-refractivity contribution in [3.63, 3.8) is 0 Å². The molecule has 0 aromatic heterocycles. The van der Waals surface area contributed by atoms with E-state index in [9.17, 15) is 0 Å². The summed E-state index contributed by atoms with van der Waals surface area (Å²) in [6, 6.07) is 10.7. The molecule has 1 heterocycles. The maximum atomic E-state index is 6.02. The second-order valence-electron chi connectivity index (χ2n) is 7.34. The van der Waals surface area contributed by atoms with Gasteiger partial charge >= 0.3 is 0 Å². The van der Waals surface area contributed by atoms with Crippen molar-refractivity contribution in [2.75, 3.05) is 0 Å². The Bertz CT molecular complexity index is 462. The van der Waals surface area contributed by atoms with Gasteiger partial charge in [0.1, 0.15) is 0 Å².